The van der Waals surface area contributed by atoms with Gasteiger partial charge in [-0.15, -0.1) is 0 Å². The molecule has 3 aromatic rings. The molecule has 2 aromatic carbocycles. The number of carboxylic acids is 1. The standard InChI is InChI=1S/C16H10ClFN2O2/c17-12-3-1-2-11-13(8-14(16(21)22)20-15(11)12)19-10-6-4-9(18)5-7-10/h1-8H,(H,19,20)(H,21,22). The summed E-state index contributed by atoms with van der Waals surface area (Å²) in [4.78, 5) is 15.3. The predicted octanol–water partition coefficient (Wildman–Crippen LogP) is 4.47. The van der Waals surface area contributed by atoms with E-state index < -0.39 is 5.97 Å². The van der Waals surface area contributed by atoms with E-state index in [-0.39, 0.29) is 11.5 Å². The number of pyridine rings is 1. The third kappa shape index (κ3) is 2.71. The van der Waals surface area contributed by atoms with Crippen LogP contribution in [0, 0.1) is 5.82 Å². The summed E-state index contributed by atoms with van der Waals surface area (Å²) in [5.74, 6) is -1.50. The first-order chi connectivity index (χ1) is 10.5. The Kier molecular flexibility index (Phi) is 3.65. The SMILES string of the molecule is O=C(O)c1cc(Nc2ccc(F)cc2)c2cccc(Cl)c2n1. The largest absolute Gasteiger partial charge is 0.477 e. The molecule has 0 radical (unpaired) electrons. The smallest absolute Gasteiger partial charge is 0.354 e. The number of fused-ring (bicyclic) bond motifs is 1. The molecular weight excluding hydrogens is 307 g/mol. The number of aromatic carboxylic acids is 1. The van der Waals surface area contributed by atoms with Crippen molar-refractivity contribution in [2.45, 2.75) is 0 Å². The Balaban J connectivity index is 2.16. The van der Waals surface area contributed by atoms with Gasteiger partial charge in [-0.05, 0) is 36.4 Å². The number of anilines is 2. The van der Waals surface area contributed by atoms with Crippen molar-refractivity contribution in [3.8, 4) is 0 Å². The average Bonchev–Trinajstić information content (AvgIpc) is 2.50. The Labute approximate surface area is 130 Å². The Morgan fingerprint density at radius 2 is 1.91 bits per heavy atom. The molecule has 1 heterocycles. The van der Waals surface area contributed by atoms with Gasteiger partial charge in [0.05, 0.1) is 16.2 Å². The fraction of sp³-hybridized carbons (Fsp3) is 0. The first-order valence-corrected chi connectivity index (χ1v) is 6.77. The van der Waals surface area contributed by atoms with Crippen LogP contribution in [0.25, 0.3) is 10.9 Å². The van der Waals surface area contributed by atoms with Crippen LogP contribution < -0.4 is 5.32 Å². The number of rotatable bonds is 3. The lowest BCUT2D eigenvalue weighted by atomic mass is 10.1. The molecule has 0 aliphatic heterocycles. The van der Waals surface area contributed by atoms with Crippen molar-refractivity contribution in [1.29, 1.82) is 0 Å². The van der Waals surface area contributed by atoms with Gasteiger partial charge in [0.2, 0.25) is 0 Å². The van der Waals surface area contributed by atoms with Gasteiger partial charge in [-0.3, -0.25) is 0 Å². The van der Waals surface area contributed by atoms with Crippen LogP contribution in [0.3, 0.4) is 0 Å². The summed E-state index contributed by atoms with van der Waals surface area (Å²) in [6.45, 7) is 0. The quantitative estimate of drug-likeness (QED) is 0.748. The lowest BCUT2D eigenvalue weighted by Crippen LogP contribution is -2.03. The number of carboxylic acid groups (broad SMARTS) is 1. The number of hydrogen-bond acceptors (Lipinski definition) is 3. The van der Waals surface area contributed by atoms with Crippen LogP contribution in [0.2, 0.25) is 5.02 Å². The van der Waals surface area contributed by atoms with E-state index in [9.17, 15) is 14.3 Å². The Morgan fingerprint density at radius 3 is 2.59 bits per heavy atom. The number of hydrogen-bond donors (Lipinski definition) is 2. The summed E-state index contributed by atoms with van der Waals surface area (Å²) >= 11 is 6.10. The number of nitrogens with one attached hydrogen (secondary N) is 1. The van der Waals surface area contributed by atoms with E-state index in [0.29, 0.717) is 27.3 Å². The van der Waals surface area contributed by atoms with Crippen LogP contribution in [-0.2, 0) is 0 Å². The predicted molar refractivity (Wildman–Crippen MR) is 83.4 cm³/mol. The lowest BCUT2D eigenvalue weighted by Gasteiger charge is -2.11. The molecule has 0 saturated heterocycles. The molecular formula is C16H10ClFN2O2. The minimum absolute atomic E-state index is 0.120. The molecule has 2 N–H and O–H groups in total. The molecule has 22 heavy (non-hydrogen) atoms. The first-order valence-electron chi connectivity index (χ1n) is 6.40. The molecule has 110 valence electrons. The second-order valence-corrected chi connectivity index (χ2v) is 5.04. The molecule has 0 fully saturated rings. The lowest BCUT2D eigenvalue weighted by molar-refractivity contribution is 0.0691. The van der Waals surface area contributed by atoms with E-state index in [1.165, 1.54) is 18.2 Å². The van der Waals surface area contributed by atoms with Gasteiger partial charge in [-0.2, -0.15) is 0 Å². The topological polar surface area (TPSA) is 62.2 Å². The maximum absolute atomic E-state index is 13.0. The molecule has 3 rings (SSSR count). The van der Waals surface area contributed by atoms with Crippen molar-refractivity contribution in [3.63, 3.8) is 0 Å². The molecule has 0 saturated carbocycles. The van der Waals surface area contributed by atoms with Crippen LogP contribution in [0.1, 0.15) is 10.5 Å². The molecule has 0 bridgehead atoms. The van der Waals surface area contributed by atoms with Crippen LogP contribution in [-0.4, -0.2) is 16.1 Å². The Hall–Kier alpha value is -2.66. The number of para-hydroxylation sites is 1. The van der Waals surface area contributed by atoms with Crippen LogP contribution in [0.5, 0.6) is 0 Å². The summed E-state index contributed by atoms with van der Waals surface area (Å²) in [7, 11) is 0. The van der Waals surface area contributed by atoms with E-state index in [1.54, 1.807) is 30.3 Å². The molecule has 1 aromatic heterocycles. The Bertz CT molecular complexity index is 866. The highest BCUT2D eigenvalue weighted by atomic mass is 35.5. The van der Waals surface area contributed by atoms with Crippen molar-refractivity contribution in [2.75, 3.05) is 5.32 Å². The molecule has 6 heteroatoms. The van der Waals surface area contributed by atoms with Gasteiger partial charge in [0, 0.05) is 11.1 Å². The molecule has 0 amide bonds. The van der Waals surface area contributed by atoms with E-state index in [1.807, 2.05) is 0 Å². The molecule has 0 unspecified atom stereocenters. The monoisotopic (exact) mass is 316 g/mol. The first kappa shape index (κ1) is 14.3. The molecule has 0 atom stereocenters. The van der Waals surface area contributed by atoms with Gasteiger partial charge in [-0.25, -0.2) is 14.2 Å². The normalized spacial score (nSPS) is 10.6. The van der Waals surface area contributed by atoms with E-state index >= 15 is 0 Å². The zero-order chi connectivity index (χ0) is 15.7. The summed E-state index contributed by atoms with van der Waals surface area (Å²) < 4.78 is 13.0. The van der Waals surface area contributed by atoms with E-state index in [0.717, 1.165) is 0 Å². The van der Waals surface area contributed by atoms with Crippen molar-refractivity contribution < 1.29 is 14.3 Å². The maximum Gasteiger partial charge on any atom is 0.354 e. The summed E-state index contributed by atoms with van der Waals surface area (Å²) in [6, 6.07) is 12.4. The zero-order valence-corrected chi connectivity index (χ0v) is 11.9. The number of halogens is 2. The highest BCUT2D eigenvalue weighted by Crippen LogP contribution is 2.30. The van der Waals surface area contributed by atoms with Crippen molar-refractivity contribution >= 4 is 39.8 Å². The second-order valence-electron chi connectivity index (χ2n) is 4.63. The fourth-order valence-corrected chi connectivity index (χ4v) is 2.33. The van der Waals surface area contributed by atoms with Gasteiger partial charge >= 0.3 is 5.97 Å². The van der Waals surface area contributed by atoms with Gasteiger partial charge < -0.3 is 10.4 Å². The van der Waals surface area contributed by atoms with Crippen molar-refractivity contribution in [1.82, 2.24) is 4.98 Å². The van der Waals surface area contributed by atoms with Crippen molar-refractivity contribution in [3.05, 3.63) is 65.1 Å². The average molecular weight is 317 g/mol. The highest BCUT2D eigenvalue weighted by molar-refractivity contribution is 6.35. The van der Waals surface area contributed by atoms with Crippen molar-refractivity contribution in [2.24, 2.45) is 0 Å². The minimum atomic E-state index is -1.15. The second kappa shape index (κ2) is 5.61. The fourth-order valence-electron chi connectivity index (χ4n) is 2.12. The van der Waals surface area contributed by atoms with Gasteiger partial charge in [0.1, 0.15) is 5.82 Å². The summed E-state index contributed by atoms with van der Waals surface area (Å²) in [6.07, 6.45) is 0. The number of nitrogens with zero attached hydrogens (tertiary/aromatic N) is 1. The third-order valence-electron chi connectivity index (χ3n) is 3.13. The minimum Gasteiger partial charge on any atom is -0.477 e. The molecule has 4 nitrogen and oxygen atoms in total. The Morgan fingerprint density at radius 1 is 1.18 bits per heavy atom. The number of carbonyl (C=O) groups is 1. The van der Waals surface area contributed by atoms with E-state index in [4.69, 9.17) is 11.6 Å². The molecule has 0 aliphatic carbocycles. The van der Waals surface area contributed by atoms with Crippen LogP contribution in [0.15, 0.2) is 48.5 Å². The number of benzene rings is 2. The van der Waals surface area contributed by atoms with Crippen LogP contribution in [0.4, 0.5) is 15.8 Å². The third-order valence-corrected chi connectivity index (χ3v) is 3.44. The molecule has 0 spiro atoms. The summed E-state index contributed by atoms with van der Waals surface area (Å²) in [5, 5.41) is 13.3. The maximum atomic E-state index is 13.0. The zero-order valence-electron chi connectivity index (χ0n) is 11.2. The highest BCUT2D eigenvalue weighted by Gasteiger charge is 2.13. The van der Waals surface area contributed by atoms with Gasteiger partial charge in [0.15, 0.2) is 5.69 Å². The molecule has 0 aliphatic rings. The van der Waals surface area contributed by atoms with Crippen LogP contribution >= 0.6 is 11.6 Å². The number of aromatic nitrogens is 1. The van der Waals surface area contributed by atoms with Gasteiger partial charge in [-0.1, -0.05) is 23.7 Å². The van der Waals surface area contributed by atoms with E-state index in [2.05, 4.69) is 10.3 Å². The van der Waals surface area contributed by atoms with Gasteiger partial charge in [0.25, 0.3) is 0 Å². The summed E-state index contributed by atoms with van der Waals surface area (Å²) in [5.41, 5.74) is 1.45.